The molecule has 1 saturated heterocycles. The van der Waals surface area contributed by atoms with Crippen molar-refractivity contribution in [2.45, 2.75) is 58.5 Å². The zero-order chi connectivity index (χ0) is 12.9. The summed E-state index contributed by atoms with van der Waals surface area (Å²) in [6, 6.07) is 1.73. The van der Waals surface area contributed by atoms with E-state index in [0.717, 1.165) is 12.6 Å². The van der Waals surface area contributed by atoms with Crippen LogP contribution in [0.5, 0.6) is 0 Å². The molecule has 0 aromatic carbocycles. The highest BCUT2D eigenvalue weighted by molar-refractivity contribution is 6.64. The van der Waals surface area contributed by atoms with Crippen LogP contribution < -0.4 is 0 Å². The molecule has 0 radical (unpaired) electrons. The average Bonchev–Trinajstić information content (AvgIpc) is 2.35. The number of nitrogens with zero attached hydrogens (tertiary/aromatic N) is 1. The van der Waals surface area contributed by atoms with Gasteiger partial charge in [0, 0.05) is 26.3 Å². The number of piperidine rings is 1. The van der Waals surface area contributed by atoms with Gasteiger partial charge in [0.15, 0.2) is 0 Å². The van der Waals surface area contributed by atoms with E-state index in [1.165, 1.54) is 25.7 Å². The van der Waals surface area contributed by atoms with Crippen molar-refractivity contribution in [3.05, 3.63) is 0 Å². The lowest BCUT2D eigenvalue weighted by atomic mass is 10.0. The molecule has 1 rings (SSSR count). The Hall–Kier alpha value is 0.0969. The predicted octanol–water partition coefficient (Wildman–Crippen LogP) is 3.14. The van der Waals surface area contributed by atoms with E-state index in [0.29, 0.717) is 12.0 Å². The van der Waals surface area contributed by atoms with Gasteiger partial charge in [-0.3, -0.25) is 4.57 Å². The van der Waals surface area contributed by atoms with Crippen LogP contribution in [0, 0.1) is 5.92 Å². The van der Waals surface area contributed by atoms with E-state index in [4.69, 9.17) is 8.85 Å². The molecule has 0 bridgehead atoms. The van der Waals surface area contributed by atoms with Crippen molar-refractivity contribution in [3.63, 3.8) is 0 Å². The van der Waals surface area contributed by atoms with Gasteiger partial charge in [0.2, 0.25) is 0 Å². The first-order valence-corrected chi connectivity index (χ1v) is 8.93. The van der Waals surface area contributed by atoms with Gasteiger partial charge in [-0.1, -0.05) is 27.2 Å². The fourth-order valence-electron chi connectivity index (χ4n) is 2.99. The first-order chi connectivity index (χ1) is 8.09. The van der Waals surface area contributed by atoms with Crippen LogP contribution in [-0.4, -0.2) is 40.1 Å². The molecule has 1 fully saturated rings. The molecule has 1 aliphatic rings. The Kier molecular flexibility index (Phi) is 6.13. The van der Waals surface area contributed by atoms with Gasteiger partial charge in [-0.05, 0) is 31.7 Å². The van der Waals surface area contributed by atoms with Gasteiger partial charge in [0.1, 0.15) is 0 Å². The highest BCUT2D eigenvalue weighted by Crippen LogP contribution is 2.30. The second-order valence-corrected chi connectivity index (χ2v) is 8.69. The van der Waals surface area contributed by atoms with Crippen LogP contribution in [0.4, 0.5) is 0 Å². The molecule has 0 N–H and O–H groups in total. The molecule has 3 nitrogen and oxygen atoms in total. The van der Waals surface area contributed by atoms with Gasteiger partial charge >= 0.3 is 8.72 Å². The fourth-order valence-corrected chi connectivity index (χ4v) is 6.59. The second-order valence-electron chi connectivity index (χ2n) is 5.47. The first kappa shape index (κ1) is 15.2. The standard InChI is InChI=1S/C13H29NO2Si/c1-6-13-9-7-8-10-14(13)17(15-4,16-5)11-12(2)3/h12-13H,6-11H2,1-5H3. The summed E-state index contributed by atoms with van der Waals surface area (Å²) < 4.78 is 14.4. The molecule has 0 spiro atoms. The molecule has 0 aromatic rings. The monoisotopic (exact) mass is 259 g/mol. The lowest BCUT2D eigenvalue weighted by Crippen LogP contribution is -2.63. The van der Waals surface area contributed by atoms with Crippen LogP contribution in [0.3, 0.4) is 0 Å². The minimum atomic E-state index is -2.16. The predicted molar refractivity (Wildman–Crippen MR) is 74.1 cm³/mol. The molecule has 1 aliphatic heterocycles. The summed E-state index contributed by atoms with van der Waals surface area (Å²) in [4.78, 5) is 0. The van der Waals surface area contributed by atoms with Gasteiger partial charge < -0.3 is 8.85 Å². The van der Waals surface area contributed by atoms with E-state index in [1.807, 2.05) is 14.2 Å². The van der Waals surface area contributed by atoms with E-state index in [9.17, 15) is 0 Å². The topological polar surface area (TPSA) is 21.7 Å². The fraction of sp³-hybridized carbons (Fsp3) is 1.00. The highest BCUT2D eigenvalue weighted by Gasteiger charge is 2.47. The quantitative estimate of drug-likeness (QED) is 0.684. The summed E-state index contributed by atoms with van der Waals surface area (Å²) >= 11 is 0. The van der Waals surface area contributed by atoms with Gasteiger partial charge in [-0.15, -0.1) is 0 Å². The second kappa shape index (κ2) is 6.88. The van der Waals surface area contributed by atoms with Crippen LogP contribution >= 0.6 is 0 Å². The summed E-state index contributed by atoms with van der Waals surface area (Å²) in [7, 11) is 1.51. The van der Waals surface area contributed by atoms with Crippen LogP contribution in [-0.2, 0) is 8.85 Å². The summed E-state index contributed by atoms with van der Waals surface area (Å²) in [5.41, 5.74) is 0. The van der Waals surface area contributed by atoms with Crippen molar-refractivity contribution in [1.29, 1.82) is 0 Å². The maximum absolute atomic E-state index is 5.91. The highest BCUT2D eigenvalue weighted by atomic mass is 28.4. The van der Waals surface area contributed by atoms with Crippen LogP contribution in [0.15, 0.2) is 0 Å². The molecule has 102 valence electrons. The SMILES string of the molecule is CCC1CCCCN1[Si](CC(C)C)(OC)OC. The Morgan fingerprint density at radius 3 is 2.35 bits per heavy atom. The maximum Gasteiger partial charge on any atom is 0.427 e. The largest absolute Gasteiger partial charge is 0.427 e. The van der Waals surface area contributed by atoms with E-state index in [2.05, 4.69) is 25.3 Å². The Morgan fingerprint density at radius 2 is 1.88 bits per heavy atom. The molecule has 0 aliphatic carbocycles. The lowest BCUT2D eigenvalue weighted by Gasteiger charge is -2.45. The van der Waals surface area contributed by atoms with Crippen molar-refractivity contribution in [1.82, 2.24) is 4.57 Å². The zero-order valence-electron chi connectivity index (χ0n) is 12.2. The van der Waals surface area contributed by atoms with Gasteiger partial charge in [-0.2, -0.15) is 0 Å². The third-order valence-corrected chi connectivity index (χ3v) is 7.91. The third kappa shape index (κ3) is 3.53. The Labute approximate surface area is 108 Å². The molecule has 1 heterocycles. The third-order valence-electron chi connectivity index (χ3n) is 3.84. The van der Waals surface area contributed by atoms with Crippen LogP contribution in [0.1, 0.15) is 46.5 Å². The van der Waals surface area contributed by atoms with Gasteiger partial charge in [0.05, 0.1) is 0 Å². The molecule has 1 unspecified atom stereocenters. The van der Waals surface area contributed by atoms with E-state index in [1.54, 1.807) is 0 Å². The normalized spacial score (nSPS) is 23.3. The van der Waals surface area contributed by atoms with Crippen molar-refractivity contribution in [2.75, 3.05) is 20.8 Å². The van der Waals surface area contributed by atoms with Gasteiger partial charge in [-0.25, -0.2) is 0 Å². The molecule has 1 atom stereocenters. The van der Waals surface area contributed by atoms with Gasteiger partial charge in [0.25, 0.3) is 0 Å². The smallest absolute Gasteiger partial charge is 0.386 e. The Balaban J connectivity index is 2.86. The summed E-state index contributed by atoms with van der Waals surface area (Å²) in [6.07, 6.45) is 5.15. The molecule has 0 amide bonds. The van der Waals surface area contributed by atoms with Crippen LogP contribution in [0.2, 0.25) is 6.04 Å². The molecule has 0 saturated carbocycles. The summed E-state index contributed by atoms with van der Waals surface area (Å²) in [5.74, 6) is 0.626. The van der Waals surface area contributed by atoms with Crippen molar-refractivity contribution in [2.24, 2.45) is 5.92 Å². The first-order valence-electron chi connectivity index (χ1n) is 6.96. The molecule has 17 heavy (non-hydrogen) atoms. The summed E-state index contributed by atoms with van der Waals surface area (Å²) in [6.45, 7) is 7.94. The minimum Gasteiger partial charge on any atom is -0.386 e. The number of hydrogen-bond donors (Lipinski definition) is 0. The molecule has 0 aromatic heterocycles. The number of rotatable bonds is 6. The average molecular weight is 259 g/mol. The molecular formula is C13H29NO2Si. The maximum atomic E-state index is 5.91. The van der Waals surface area contributed by atoms with E-state index >= 15 is 0 Å². The molecular weight excluding hydrogens is 230 g/mol. The van der Waals surface area contributed by atoms with Crippen molar-refractivity contribution >= 4 is 8.72 Å². The van der Waals surface area contributed by atoms with E-state index < -0.39 is 8.72 Å². The Morgan fingerprint density at radius 1 is 1.24 bits per heavy atom. The number of hydrogen-bond acceptors (Lipinski definition) is 3. The van der Waals surface area contributed by atoms with E-state index in [-0.39, 0.29) is 0 Å². The minimum absolute atomic E-state index is 0.626. The van der Waals surface area contributed by atoms with Crippen LogP contribution in [0.25, 0.3) is 0 Å². The zero-order valence-corrected chi connectivity index (χ0v) is 13.2. The van der Waals surface area contributed by atoms with Crippen molar-refractivity contribution in [3.8, 4) is 0 Å². The Bertz CT molecular complexity index is 219. The van der Waals surface area contributed by atoms with Crippen molar-refractivity contribution < 1.29 is 8.85 Å². The molecule has 4 heteroatoms. The lowest BCUT2D eigenvalue weighted by molar-refractivity contribution is 0.109. The summed E-state index contributed by atoms with van der Waals surface area (Å²) in [5, 5.41) is 0.